The number of hydrogen-bond acceptors (Lipinski definition) is 3. The number of hydrogen-bond donors (Lipinski definition) is 0. The van der Waals surface area contributed by atoms with E-state index < -0.39 is 0 Å². The molecule has 0 aliphatic heterocycles. The second kappa shape index (κ2) is 5.29. The minimum Gasteiger partial charge on any atom is -0.298 e. The van der Waals surface area contributed by atoms with Crippen molar-refractivity contribution in [3.63, 3.8) is 0 Å². The fourth-order valence-electron chi connectivity index (χ4n) is 3.29. The molecular weight excluding hydrogens is 292 g/mol. The molecule has 0 amide bonds. The van der Waals surface area contributed by atoms with Gasteiger partial charge in [0.1, 0.15) is 5.65 Å². The van der Waals surface area contributed by atoms with Crippen molar-refractivity contribution in [2.24, 2.45) is 0 Å². The first-order chi connectivity index (χ1) is 10.8. The third-order valence-electron chi connectivity index (χ3n) is 4.29. The molecule has 2 aromatic heterocycles. The van der Waals surface area contributed by atoms with E-state index in [9.17, 15) is 4.79 Å². The minimum atomic E-state index is 0.160. The molecule has 0 saturated carbocycles. The summed E-state index contributed by atoms with van der Waals surface area (Å²) >= 11 is 1.72. The first kappa shape index (κ1) is 13.6. The van der Waals surface area contributed by atoms with Crippen molar-refractivity contribution in [1.82, 2.24) is 9.55 Å². The monoisotopic (exact) mass is 308 g/mol. The van der Waals surface area contributed by atoms with Crippen molar-refractivity contribution < 1.29 is 0 Å². The molecule has 3 aromatic rings. The van der Waals surface area contributed by atoms with Crippen LogP contribution in [0.25, 0.3) is 16.7 Å². The molecule has 0 spiro atoms. The van der Waals surface area contributed by atoms with Gasteiger partial charge in [0, 0.05) is 28.0 Å². The van der Waals surface area contributed by atoms with Gasteiger partial charge < -0.3 is 0 Å². The van der Waals surface area contributed by atoms with Gasteiger partial charge in [0.2, 0.25) is 0 Å². The van der Waals surface area contributed by atoms with Crippen LogP contribution in [0.3, 0.4) is 0 Å². The van der Waals surface area contributed by atoms with Crippen molar-refractivity contribution in [3.8, 4) is 5.69 Å². The first-order valence-electron chi connectivity index (χ1n) is 7.45. The van der Waals surface area contributed by atoms with E-state index in [1.165, 1.54) is 4.90 Å². The molecule has 110 valence electrons. The minimum absolute atomic E-state index is 0.160. The van der Waals surface area contributed by atoms with Gasteiger partial charge in [-0.15, -0.1) is 11.8 Å². The lowest BCUT2D eigenvalue weighted by atomic mass is 10.1. The van der Waals surface area contributed by atoms with Crippen molar-refractivity contribution in [2.45, 2.75) is 24.2 Å². The van der Waals surface area contributed by atoms with Gasteiger partial charge >= 0.3 is 0 Å². The van der Waals surface area contributed by atoms with E-state index in [-0.39, 0.29) is 5.43 Å². The fourth-order valence-corrected chi connectivity index (χ4v) is 3.74. The highest BCUT2D eigenvalue weighted by Crippen LogP contribution is 2.28. The number of pyridine rings is 2. The molecule has 1 aromatic carbocycles. The molecule has 0 saturated heterocycles. The Morgan fingerprint density at radius 1 is 1.18 bits per heavy atom. The van der Waals surface area contributed by atoms with E-state index >= 15 is 0 Å². The molecule has 3 nitrogen and oxygen atoms in total. The van der Waals surface area contributed by atoms with E-state index in [1.54, 1.807) is 18.0 Å². The summed E-state index contributed by atoms with van der Waals surface area (Å²) in [6.45, 7) is 0. The Bertz CT molecular complexity index is 930. The maximum Gasteiger partial charge on any atom is 0.194 e. The molecular formula is C18H16N2OS. The van der Waals surface area contributed by atoms with Crippen molar-refractivity contribution in [3.05, 3.63) is 64.1 Å². The zero-order valence-corrected chi connectivity index (χ0v) is 13.2. The number of fused-ring (bicyclic) bond motifs is 2. The van der Waals surface area contributed by atoms with Crippen LogP contribution in [0.1, 0.15) is 17.7 Å². The Kier molecular flexibility index (Phi) is 3.26. The molecule has 0 bridgehead atoms. The summed E-state index contributed by atoms with van der Waals surface area (Å²) in [7, 11) is 0. The topological polar surface area (TPSA) is 34.9 Å². The molecule has 0 unspecified atom stereocenters. The highest BCUT2D eigenvalue weighted by Gasteiger charge is 2.22. The van der Waals surface area contributed by atoms with Crippen molar-refractivity contribution in [1.29, 1.82) is 0 Å². The van der Waals surface area contributed by atoms with Crippen molar-refractivity contribution in [2.75, 3.05) is 6.26 Å². The molecule has 1 aliphatic carbocycles. The van der Waals surface area contributed by atoms with E-state index in [4.69, 9.17) is 0 Å². The zero-order valence-electron chi connectivity index (χ0n) is 12.4. The predicted octanol–water partition coefficient (Wildman–Crippen LogP) is 3.60. The van der Waals surface area contributed by atoms with Crippen LogP contribution in [-0.4, -0.2) is 15.8 Å². The summed E-state index contributed by atoms with van der Waals surface area (Å²) in [5.74, 6) is 0. The van der Waals surface area contributed by atoms with Gasteiger partial charge in [-0.3, -0.25) is 9.36 Å². The Morgan fingerprint density at radius 3 is 2.95 bits per heavy atom. The van der Waals surface area contributed by atoms with Gasteiger partial charge in [-0.05, 0) is 55.9 Å². The van der Waals surface area contributed by atoms with Gasteiger partial charge in [-0.25, -0.2) is 4.98 Å². The summed E-state index contributed by atoms with van der Waals surface area (Å²) in [6.07, 6.45) is 6.70. The number of aromatic nitrogens is 2. The van der Waals surface area contributed by atoms with Gasteiger partial charge in [-0.1, -0.05) is 6.07 Å². The third-order valence-corrected chi connectivity index (χ3v) is 5.01. The van der Waals surface area contributed by atoms with E-state index in [2.05, 4.69) is 40.1 Å². The SMILES string of the molecule is CSc1cccc(-n2c3c(c(=O)c4cccnc42)CCC3)c1. The maximum absolute atomic E-state index is 12.7. The van der Waals surface area contributed by atoms with E-state index in [1.807, 2.05) is 12.1 Å². The zero-order chi connectivity index (χ0) is 15.1. The van der Waals surface area contributed by atoms with Crippen LogP contribution < -0.4 is 5.43 Å². The number of thioether (sulfide) groups is 1. The van der Waals surface area contributed by atoms with Gasteiger partial charge in [0.25, 0.3) is 0 Å². The Hall–Kier alpha value is -2.07. The molecule has 4 rings (SSSR count). The summed E-state index contributed by atoms with van der Waals surface area (Å²) in [4.78, 5) is 18.4. The van der Waals surface area contributed by atoms with Gasteiger partial charge in [-0.2, -0.15) is 0 Å². The summed E-state index contributed by atoms with van der Waals surface area (Å²) in [6, 6.07) is 12.2. The largest absolute Gasteiger partial charge is 0.298 e. The highest BCUT2D eigenvalue weighted by molar-refractivity contribution is 7.98. The number of nitrogens with zero attached hydrogens (tertiary/aromatic N) is 2. The van der Waals surface area contributed by atoms with Crippen LogP contribution in [0.15, 0.2) is 52.3 Å². The normalized spacial score (nSPS) is 13.5. The average Bonchev–Trinajstić information content (AvgIpc) is 3.05. The van der Waals surface area contributed by atoms with Gasteiger partial charge in [0.05, 0.1) is 5.39 Å². The summed E-state index contributed by atoms with van der Waals surface area (Å²) in [5, 5.41) is 0.720. The second-order valence-corrected chi connectivity index (χ2v) is 6.40. The molecule has 0 atom stereocenters. The van der Waals surface area contributed by atoms with E-state index in [0.29, 0.717) is 0 Å². The lowest BCUT2D eigenvalue weighted by Crippen LogP contribution is -2.17. The predicted molar refractivity (Wildman–Crippen MR) is 91.1 cm³/mol. The van der Waals surface area contributed by atoms with E-state index in [0.717, 1.165) is 47.2 Å². The van der Waals surface area contributed by atoms with Crippen LogP contribution in [0.2, 0.25) is 0 Å². The van der Waals surface area contributed by atoms with Crippen LogP contribution in [0, 0.1) is 0 Å². The fraction of sp³-hybridized carbons (Fsp3) is 0.222. The number of benzene rings is 1. The number of rotatable bonds is 2. The molecule has 2 heterocycles. The van der Waals surface area contributed by atoms with Crippen LogP contribution >= 0.6 is 11.8 Å². The maximum atomic E-state index is 12.7. The standard InChI is InChI=1S/C18H16N2OS/c1-22-13-6-2-5-12(11-13)20-16-9-3-7-14(16)17(21)15-8-4-10-19-18(15)20/h2,4-6,8,10-11H,3,7,9H2,1H3. The Labute approximate surface area is 133 Å². The highest BCUT2D eigenvalue weighted by atomic mass is 32.2. The molecule has 0 fully saturated rings. The second-order valence-electron chi connectivity index (χ2n) is 5.52. The lowest BCUT2D eigenvalue weighted by molar-refractivity contribution is 0.873. The van der Waals surface area contributed by atoms with Gasteiger partial charge in [0.15, 0.2) is 5.43 Å². The molecule has 0 N–H and O–H groups in total. The van der Waals surface area contributed by atoms with Crippen molar-refractivity contribution >= 4 is 22.8 Å². The summed E-state index contributed by atoms with van der Waals surface area (Å²) in [5.41, 5.74) is 4.12. The Morgan fingerprint density at radius 2 is 2.09 bits per heavy atom. The quantitative estimate of drug-likeness (QED) is 0.679. The first-order valence-corrected chi connectivity index (χ1v) is 8.68. The molecule has 1 aliphatic rings. The summed E-state index contributed by atoms with van der Waals surface area (Å²) < 4.78 is 2.18. The lowest BCUT2D eigenvalue weighted by Gasteiger charge is -2.16. The molecule has 22 heavy (non-hydrogen) atoms. The van der Waals surface area contributed by atoms with Crippen LogP contribution in [0.5, 0.6) is 0 Å². The van der Waals surface area contributed by atoms with Crippen LogP contribution in [-0.2, 0) is 12.8 Å². The molecule has 0 radical (unpaired) electrons. The van der Waals surface area contributed by atoms with Crippen LogP contribution in [0.4, 0.5) is 0 Å². The smallest absolute Gasteiger partial charge is 0.194 e. The third kappa shape index (κ3) is 1.98. The Balaban J connectivity index is 2.13. The molecule has 4 heteroatoms. The average molecular weight is 308 g/mol.